The van der Waals surface area contributed by atoms with Crippen LogP contribution in [0.2, 0.25) is 0 Å². The van der Waals surface area contributed by atoms with E-state index >= 15 is 0 Å². The number of nitrogens with two attached hydrogens (primary N) is 1. The molecule has 1 heterocycles. The van der Waals surface area contributed by atoms with Gasteiger partial charge in [0.05, 0.1) is 11.1 Å². The zero-order valence-electron chi connectivity index (χ0n) is 6.97. The highest BCUT2D eigenvalue weighted by Crippen LogP contribution is 2.29. The van der Waals surface area contributed by atoms with E-state index < -0.39 is 0 Å². The molecule has 14 heavy (non-hydrogen) atoms. The second-order valence-electron chi connectivity index (χ2n) is 2.85. The molecule has 0 amide bonds. The molecule has 1 aromatic carbocycles. The minimum atomic E-state index is -0.154. The van der Waals surface area contributed by atoms with Crippen LogP contribution >= 0.6 is 38.5 Å². The zero-order chi connectivity index (χ0) is 10.3. The highest BCUT2D eigenvalue weighted by atomic mass is 127. The maximum atomic E-state index is 11.5. The van der Waals surface area contributed by atoms with Gasteiger partial charge in [-0.15, -0.1) is 0 Å². The van der Waals surface area contributed by atoms with Crippen LogP contribution in [0.1, 0.15) is 0 Å². The minimum absolute atomic E-state index is 0.154. The smallest absolute Gasteiger partial charge is 0.257 e. The van der Waals surface area contributed by atoms with Crippen LogP contribution in [0.4, 0.5) is 5.69 Å². The molecule has 0 atom stereocenters. The van der Waals surface area contributed by atoms with Crippen molar-refractivity contribution in [3.63, 3.8) is 0 Å². The summed E-state index contributed by atoms with van der Waals surface area (Å²) in [7, 11) is 0. The van der Waals surface area contributed by atoms with E-state index in [0.717, 1.165) is 13.4 Å². The summed E-state index contributed by atoms with van der Waals surface area (Å²) in [4.78, 5) is 14.2. The fourth-order valence-corrected chi connectivity index (χ4v) is 2.90. The molecular weight excluding hydrogens is 359 g/mol. The summed E-state index contributed by atoms with van der Waals surface area (Å²) in [5.74, 6) is 0. The van der Waals surface area contributed by atoms with Gasteiger partial charge in [0.15, 0.2) is 0 Å². The van der Waals surface area contributed by atoms with Crippen LogP contribution in [-0.4, -0.2) is 4.98 Å². The van der Waals surface area contributed by atoms with E-state index in [9.17, 15) is 4.79 Å². The van der Waals surface area contributed by atoms with Crippen molar-refractivity contribution in [3.8, 4) is 0 Å². The van der Waals surface area contributed by atoms with E-state index in [1.165, 1.54) is 0 Å². The quantitative estimate of drug-likeness (QED) is 0.557. The van der Waals surface area contributed by atoms with Gasteiger partial charge in [-0.3, -0.25) is 4.79 Å². The van der Waals surface area contributed by atoms with Gasteiger partial charge in [-0.25, -0.2) is 0 Å². The van der Waals surface area contributed by atoms with Crippen molar-refractivity contribution in [2.24, 2.45) is 0 Å². The molecule has 0 unspecified atom stereocenters. The lowest BCUT2D eigenvalue weighted by atomic mass is 10.1. The lowest BCUT2D eigenvalue weighted by Gasteiger charge is -2.05. The number of hydrogen-bond donors (Lipinski definition) is 2. The maximum Gasteiger partial charge on any atom is 0.257 e. The molecule has 0 spiro atoms. The molecule has 0 bridgehead atoms. The molecular formula is C9H6BrIN2O. The first-order valence-corrected chi connectivity index (χ1v) is 5.73. The number of nitrogens with one attached hydrogen (secondary N) is 1. The van der Waals surface area contributed by atoms with Crippen molar-refractivity contribution in [2.75, 3.05) is 5.73 Å². The molecule has 0 fully saturated rings. The second-order valence-corrected chi connectivity index (χ2v) is 4.87. The summed E-state index contributed by atoms with van der Waals surface area (Å²) in [6.07, 6.45) is 1.61. The third kappa shape index (κ3) is 1.44. The van der Waals surface area contributed by atoms with Crippen molar-refractivity contribution < 1.29 is 0 Å². The number of aromatic nitrogens is 1. The molecule has 0 radical (unpaired) electrons. The summed E-state index contributed by atoms with van der Waals surface area (Å²) in [5.41, 5.74) is 6.22. The number of hydrogen-bond acceptors (Lipinski definition) is 2. The van der Waals surface area contributed by atoms with Crippen LogP contribution < -0.4 is 11.3 Å². The first-order valence-electron chi connectivity index (χ1n) is 3.86. The number of H-pyrrole nitrogens is 1. The van der Waals surface area contributed by atoms with Crippen molar-refractivity contribution >= 4 is 55.0 Å². The molecule has 5 heteroatoms. The number of aromatic amines is 1. The fraction of sp³-hybridized carbons (Fsp3) is 0. The van der Waals surface area contributed by atoms with Gasteiger partial charge in [0.2, 0.25) is 0 Å². The Kier molecular flexibility index (Phi) is 2.52. The number of halogens is 2. The lowest BCUT2D eigenvalue weighted by molar-refractivity contribution is 1.27. The molecule has 0 aliphatic carbocycles. The average molecular weight is 365 g/mol. The van der Waals surface area contributed by atoms with Crippen molar-refractivity contribution in [3.05, 3.63) is 36.7 Å². The molecule has 2 rings (SSSR count). The monoisotopic (exact) mass is 364 g/mol. The number of nitrogen functional groups attached to an aromatic ring is 1. The average Bonchev–Trinajstić information content (AvgIpc) is 2.14. The number of pyridine rings is 1. The van der Waals surface area contributed by atoms with Crippen LogP contribution in [0.5, 0.6) is 0 Å². The van der Waals surface area contributed by atoms with Gasteiger partial charge in [0.1, 0.15) is 0 Å². The molecule has 3 N–H and O–H groups in total. The van der Waals surface area contributed by atoms with Crippen molar-refractivity contribution in [2.45, 2.75) is 0 Å². The van der Waals surface area contributed by atoms with Gasteiger partial charge >= 0.3 is 0 Å². The zero-order valence-corrected chi connectivity index (χ0v) is 10.7. The molecule has 3 nitrogen and oxygen atoms in total. The molecule has 0 aliphatic heterocycles. The van der Waals surface area contributed by atoms with E-state index in [1.807, 2.05) is 12.1 Å². The highest BCUT2D eigenvalue weighted by molar-refractivity contribution is 14.1. The molecule has 2 aromatic rings. The SMILES string of the molecule is Nc1c(I)cc(Br)c2cc[nH]c(=O)c12. The predicted octanol–water partition coefficient (Wildman–Crippen LogP) is 2.48. The molecule has 1 aromatic heterocycles. The minimum Gasteiger partial charge on any atom is -0.397 e. The third-order valence-electron chi connectivity index (χ3n) is 2.00. The summed E-state index contributed by atoms with van der Waals surface area (Å²) < 4.78 is 1.76. The van der Waals surface area contributed by atoms with Crippen LogP contribution in [-0.2, 0) is 0 Å². The van der Waals surface area contributed by atoms with Gasteiger partial charge in [0, 0.05) is 19.6 Å². The van der Waals surface area contributed by atoms with Gasteiger partial charge < -0.3 is 10.7 Å². The van der Waals surface area contributed by atoms with Gasteiger partial charge in [0.25, 0.3) is 5.56 Å². The lowest BCUT2D eigenvalue weighted by Crippen LogP contribution is -2.08. The van der Waals surface area contributed by atoms with Crippen molar-refractivity contribution in [1.82, 2.24) is 4.98 Å². The predicted molar refractivity (Wildman–Crippen MR) is 69.4 cm³/mol. The fourth-order valence-electron chi connectivity index (χ4n) is 1.33. The summed E-state index contributed by atoms with van der Waals surface area (Å²) in [6.45, 7) is 0. The summed E-state index contributed by atoms with van der Waals surface area (Å²) >= 11 is 5.51. The normalized spacial score (nSPS) is 10.7. The Morgan fingerprint density at radius 3 is 2.93 bits per heavy atom. The summed E-state index contributed by atoms with van der Waals surface area (Å²) in [5, 5.41) is 1.39. The Balaban J connectivity index is 3.11. The Morgan fingerprint density at radius 2 is 2.21 bits per heavy atom. The van der Waals surface area contributed by atoms with Gasteiger partial charge in [-0.1, -0.05) is 15.9 Å². The number of rotatable bonds is 0. The van der Waals surface area contributed by atoms with Crippen molar-refractivity contribution in [1.29, 1.82) is 0 Å². The first-order chi connectivity index (χ1) is 6.61. The van der Waals surface area contributed by atoms with Crippen LogP contribution in [0.25, 0.3) is 10.8 Å². The third-order valence-corrected chi connectivity index (χ3v) is 3.55. The summed E-state index contributed by atoms with van der Waals surface area (Å²) in [6, 6.07) is 3.73. The van der Waals surface area contributed by atoms with Gasteiger partial charge in [-0.05, 0) is 34.7 Å². The molecule has 72 valence electrons. The van der Waals surface area contributed by atoms with E-state index in [0.29, 0.717) is 11.1 Å². The standard InChI is InChI=1S/C9H6BrIN2O/c10-5-3-6(11)8(12)7-4(5)1-2-13-9(7)14/h1-3H,12H2,(H,13,14). The van der Waals surface area contributed by atoms with Crippen LogP contribution in [0, 0.1) is 3.57 Å². The second kappa shape index (κ2) is 3.54. The Bertz CT molecular complexity index is 564. The largest absolute Gasteiger partial charge is 0.397 e. The van der Waals surface area contributed by atoms with E-state index in [1.54, 1.807) is 6.20 Å². The molecule has 0 saturated carbocycles. The highest BCUT2D eigenvalue weighted by Gasteiger charge is 2.09. The first kappa shape index (κ1) is 9.97. The maximum absolute atomic E-state index is 11.5. The number of benzene rings is 1. The number of anilines is 1. The topological polar surface area (TPSA) is 58.9 Å². The van der Waals surface area contributed by atoms with E-state index in [-0.39, 0.29) is 5.56 Å². The number of fused-ring (bicyclic) bond motifs is 1. The molecule has 0 aliphatic rings. The Labute approximate surface area is 102 Å². The van der Waals surface area contributed by atoms with Crippen LogP contribution in [0.3, 0.4) is 0 Å². The van der Waals surface area contributed by atoms with E-state index in [4.69, 9.17) is 5.73 Å². The van der Waals surface area contributed by atoms with E-state index in [2.05, 4.69) is 43.5 Å². The molecule has 0 saturated heterocycles. The Morgan fingerprint density at radius 1 is 1.50 bits per heavy atom. The Hall–Kier alpha value is -0.560. The van der Waals surface area contributed by atoms with Gasteiger partial charge in [-0.2, -0.15) is 0 Å². The van der Waals surface area contributed by atoms with Crippen LogP contribution in [0.15, 0.2) is 27.6 Å².